The van der Waals surface area contributed by atoms with Crippen molar-refractivity contribution < 1.29 is 24.2 Å². The van der Waals surface area contributed by atoms with Gasteiger partial charge in [-0.15, -0.1) is 0 Å². The summed E-state index contributed by atoms with van der Waals surface area (Å²) in [6.45, 7) is -0.334. The van der Waals surface area contributed by atoms with E-state index < -0.39 is 23.8 Å². The average Bonchev–Trinajstić information content (AvgIpc) is 2.64. The third-order valence-corrected chi connectivity index (χ3v) is 4.22. The molecule has 2 amide bonds. The summed E-state index contributed by atoms with van der Waals surface area (Å²) in [5.74, 6) is -2.10. The monoisotopic (exact) mass is 410 g/mol. The first-order chi connectivity index (χ1) is 12.8. The fraction of sp³-hybridized carbons (Fsp3) is 0.167. The van der Waals surface area contributed by atoms with E-state index in [2.05, 4.69) is 10.6 Å². The minimum atomic E-state index is -1.38. The number of ether oxygens (including phenoxy) is 1. The molecule has 2 rings (SSSR count). The Bertz CT molecular complexity index is 852. The minimum Gasteiger partial charge on any atom is -0.497 e. The number of nitrogens with one attached hydrogen (secondary N) is 2. The molecule has 9 heteroatoms. The van der Waals surface area contributed by atoms with Crippen LogP contribution in [0.15, 0.2) is 42.5 Å². The molecule has 0 aliphatic heterocycles. The predicted octanol–water partition coefficient (Wildman–Crippen LogP) is 2.62. The number of halogens is 2. The molecule has 1 atom stereocenters. The second-order valence-electron chi connectivity index (χ2n) is 5.40. The van der Waals surface area contributed by atoms with Gasteiger partial charge in [0, 0.05) is 12.1 Å². The molecule has 2 aromatic carbocycles. The molecule has 0 spiro atoms. The number of amides is 2. The summed E-state index contributed by atoms with van der Waals surface area (Å²) in [5.41, 5.74) is 0.255. The molecule has 0 aliphatic carbocycles. The van der Waals surface area contributed by atoms with Gasteiger partial charge in [-0.1, -0.05) is 35.3 Å². The Morgan fingerprint density at radius 3 is 2.30 bits per heavy atom. The lowest BCUT2D eigenvalue weighted by Gasteiger charge is -2.16. The van der Waals surface area contributed by atoms with Crippen LogP contribution in [-0.2, 0) is 4.79 Å². The highest BCUT2D eigenvalue weighted by molar-refractivity contribution is 6.39. The molecule has 2 aromatic rings. The predicted molar refractivity (Wildman–Crippen MR) is 101 cm³/mol. The van der Waals surface area contributed by atoms with E-state index in [0.29, 0.717) is 11.3 Å². The van der Waals surface area contributed by atoms with Gasteiger partial charge in [0.25, 0.3) is 11.8 Å². The van der Waals surface area contributed by atoms with Crippen molar-refractivity contribution in [2.24, 2.45) is 0 Å². The van der Waals surface area contributed by atoms with Crippen molar-refractivity contribution in [1.82, 2.24) is 10.6 Å². The van der Waals surface area contributed by atoms with Crippen molar-refractivity contribution >= 4 is 41.0 Å². The minimum absolute atomic E-state index is 0.0359. The fourth-order valence-corrected chi connectivity index (χ4v) is 2.78. The van der Waals surface area contributed by atoms with Crippen molar-refractivity contribution in [3.8, 4) is 5.75 Å². The maximum atomic E-state index is 12.3. The zero-order valence-electron chi connectivity index (χ0n) is 14.2. The van der Waals surface area contributed by atoms with Crippen LogP contribution in [0.3, 0.4) is 0 Å². The fourth-order valence-electron chi connectivity index (χ4n) is 2.21. The topological polar surface area (TPSA) is 105 Å². The van der Waals surface area contributed by atoms with Crippen LogP contribution in [0, 0.1) is 0 Å². The van der Waals surface area contributed by atoms with Gasteiger partial charge >= 0.3 is 5.97 Å². The summed E-state index contributed by atoms with van der Waals surface area (Å²) < 4.78 is 5.04. The smallest absolute Gasteiger partial charge is 0.328 e. The van der Waals surface area contributed by atoms with Crippen LogP contribution in [-0.4, -0.2) is 42.6 Å². The molecule has 27 heavy (non-hydrogen) atoms. The molecule has 0 heterocycles. The molecule has 0 aromatic heterocycles. The standard InChI is InChI=1S/C18H16Cl2N2O5/c1-27-11-5-2-4-10(8-11)16(23)21-9-14(18(25)26)22-17(24)15-12(19)6-3-7-13(15)20/h2-8,14H,9H2,1H3,(H,21,23)(H,22,24)(H,25,26)/t14-/m0/s1. The molecule has 0 radical (unpaired) electrons. The number of rotatable bonds is 7. The van der Waals surface area contributed by atoms with Gasteiger partial charge < -0.3 is 20.5 Å². The number of aliphatic carboxylic acids is 1. The second kappa shape index (κ2) is 9.25. The van der Waals surface area contributed by atoms with E-state index in [4.69, 9.17) is 27.9 Å². The SMILES string of the molecule is COc1cccc(C(=O)NC[C@H](NC(=O)c2c(Cl)cccc2Cl)C(=O)O)c1. The van der Waals surface area contributed by atoms with E-state index in [0.717, 1.165) is 0 Å². The van der Waals surface area contributed by atoms with E-state index in [1.54, 1.807) is 24.3 Å². The van der Waals surface area contributed by atoms with Crippen molar-refractivity contribution in [2.45, 2.75) is 6.04 Å². The molecular weight excluding hydrogens is 395 g/mol. The van der Waals surface area contributed by atoms with Crippen LogP contribution in [0.5, 0.6) is 5.75 Å². The Labute approximate surface area is 165 Å². The zero-order valence-corrected chi connectivity index (χ0v) is 15.7. The molecule has 0 bridgehead atoms. The highest BCUT2D eigenvalue weighted by Gasteiger charge is 2.24. The first kappa shape index (κ1) is 20.5. The van der Waals surface area contributed by atoms with Crippen molar-refractivity contribution in [3.05, 3.63) is 63.6 Å². The van der Waals surface area contributed by atoms with Gasteiger partial charge in [-0.05, 0) is 30.3 Å². The second-order valence-corrected chi connectivity index (χ2v) is 6.22. The molecular formula is C18H16Cl2N2O5. The third-order valence-electron chi connectivity index (χ3n) is 3.59. The molecule has 7 nitrogen and oxygen atoms in total. The van der Waals surface area contributed by atoms with E-state index in [-0.39, 0.29) is 22.2 Å². The van der Waals surface area contributed by atoms with Crippen LogP contribution in [0.1, 0.15) is 20.7 Å². The average molecular weight is 411 g/mol. The third kappa shape index (κ3) is 5.35. The molecule has 0 saturated carbocycles. The lowest BCUT2D eigenvalue weighted by molar-refractivity contribution is -0.139. The highest BCUT2D eigenvalue weighted by Crippen LogP contribution is 2.24. The normalized spacial score (nSPS) is 11.4. The number of hydrogen-bond donors (Lipinski definition) is 3. The Kier molecular flexibility index (Phi) is 7.04. The van der Waals surface area contributed by atoms with Crippen LogP contribution < -0.4 is 15.4 Å². The van der Waals surface area contributed by atoms with Gasteiger partial charge in [-0.3, -0.25) is 9.59 Å². The van der Waals surface area contributed by atoms with Gasteiger partial charge in [-0.25, -0.2) is 4.79 Å². The summed E-state index contributed by atoms with van der Waals surface area (Å²) >= 11 is 11.9. The number of carboxylic acids is 1. The number of carbonyl (C=O) groups is 3. The quantitative estimate of drug-likeness (QED) is 0.650. The Morgan fingerprint density at radius 2 is 1.70 bits per heavy atom. The number of carboxylic acid groups (broad SMARTS) is 1. The van der Waals surface area contributed by atoms with Crippen molar-refractivity contribution in [2.75, 3.05) is 13.7 Å². The zero-order chi connectivity index (χ0) is 20.0. The highest BCUT2D eigenvalue weighted by atomic mass is 35.5. The lowest BCUT2D eigenvalue weighted by Crippen LogP contribution is -2.48. The summed E-state index contributed by atoms with van der Waals surface area (Å²) in [6, 6.07) is 9.46. The summed E-state index contributed by atoms with van der Waals surface area (Å²) in [7, 11) is 1.47. The number of benzene rings is 2. The summed E-state index contributed by atoms with van der Waals surface area (Å²) in [4.78, 5) is 35.9. The Balaban J connectivity index is 2.06. The molecule has 0 fully saturated rings. The summed E-state index contributed by atoms with van der Waals surface area (Å²) in [6.07, 6.45) is 0. The molecule has 0 unspecified atom stereocenters. The van der Waals surface area contributed by atoms with Gasteiger partial charge in [0.05, 0.1) is 22.7 Å². The van der Waals surface area contributed by atoms with Gasteiger partial charge in [-0.2, -0.15) is 0 Å². The first-order valence-electron chi connectivity index (χ1n) is 7.73. The number of methoxy groups -OCH3 is 1. The van der Waals surface area contributed by atoms with Crippen LogP contribution in [0.4, 0.5) is 0 Å². The van der Waals surface area contributed by atoms with E-state index in [1.807, 2.05) is 0 Å². The van der Waals surface area contributed by atoms with Gasteiger partial charge in [0.1, 0.15) is 11.8 Å². The van der Waals surface area contributed by atoms with Crippen molar-refractivity contribution in [3.63, 3.8) is 0 Å². The van der Waals surface area contributed by atoms with Crippen molar-refractivity contribution in [1.29, 1.82) is 0 Å². The molecule has 0 aliphatic rings. The Hall–Kier alpha value is -2.77. The van der Waals surface area contributed by atoms with Crippen LogP contribution in [0.2, 0.25) is 10.0 Å². The van der Waals surface area contributed by atoms with Crippen LogP contribution >= 0.6 is 23.2 Å². The lowest BCUT2D eigenvalue weighted by atomic mass is 10.1. The number of carbonyl (C=O) groups excluding carboxylic acids is 2. The maximum Gasteiger partial charge on any atom is 0.328 e. The largest absolute Gasteiger partial charge is 0.497 e. The van der Waals surface area contributed by atoms with Crippen LogP contribution in [0.25, 0.3) is 0 Å². The Morgan fingerprint density at radius 1 is 1.07 bits per heavy atom. The number of hydrogen-bond acceptors (Lipinski definition) is 4. The van der Waals surface area contributed by atoms with E-state index in [1.165, 1.54) is 25.3 Å². The van der Waals surface area contributed by atoms with E-state index in [9.17, 15) is 19.5 Å². The molecule has 3 N–H and O–H groups in total. The maximum absolute atomic E-state index is 12.3. The molecule has 0 saturated heterocycles. The first-order valence-corrected chi connectivity index (χ1v) is 8.49. The molecule has 142 valence electrons. The van der Waals surface area contributed by atoms with Gasteiger partial charge in [0.15, 0.2) is 0 Å². The van der Waals surface area contributed by atoms with E-state index >= 15 is 0 Å². The summed E-state index contributed by atoms with van der Waals surface area (Å²) in [5, 5.41) is 14.3. The van der Waals surface area contributed by atoms with Gasteiger partial charge in [0.2, 0.25) is 0 Å².